The molecule has 0 radical (unpaired) electrons. The average molecular weight is 396 g/mol. The molecule has 0 amide bonds. The highest BCUT2D eigenvalue weighted by atomic mass is 19.1. The number of methoxy groups -OCH3 is 1. The average Bonchev–Trinajstić information content (AvgIpc) is 2.93. The Morgan fingerprint density at radius 3 is 2.41 bits per heavy atom. The number of hydrogen-bond donors (Lipinski definition) is 2. The van der Waals surface area contributed by atoms with Crippen molar-refractivity contribution in [3.05, 3.63) is 88.0 Å². The zero-order valence-corrected chi connectivity index (χ0v) is 16.8. The van der Waals surface area contributed by atoms with E-state index in [1.807, 2.05) is 41.8 Å². The first-order valence-corrected chi connectivity index (χ1v) is 9.40. The molecule has 3 aromatic rings. The molecule has 0 aliphatic rings. The summed E-state index contributed by atoms with van der Waals surface area (Å²) in [5, 5.41) is 13.1. The number of ether oxygens (including phenoxy) is 1. The van der Waals surface area contributed by atoms with E-state index in [-0.39, 0.29) is 5.82 Å². The molecule has 0 unspecified atom stereocenters. The second-order valence-electron chi connectivity index (χ2n) is 7.00. The third kappa shape index (κ3) is 4.66. The smallest absolute Gasteiger partial charge is 0.337 e. The number of carboxylic acids is 1. The molecule has 5 nitrogen and oxygen atoms in total. The molecule has 0 spiro atoms. The van der Waals surface area contributed by atoms with Gasteiger partial charge in [-0.25, -0.2) is 9.18 Å². The Morgan fingerprint density at radius 1 is 1.07 bits per heavy atom. The van der Waals surface area contributed by atoms with Crippen LogP contribution in [0.25, 0.3) is 0 Å². The Balaban J connectivity index is 1.80. The third-order valence-electron chi connectivity index (χ3n) is 5.14. The van der Waals surface area contributed by atoms with Crippen LogP contribution in [0.15, 0.2) is 48.5 Å². The van der Waals surface area contributed by atoms with Gasteiger partial charge in [0.2, 0.25) is 0 Å². The molecule has 6 heteroatoms. The molecule has 2 aromatic carbocycles. The first-order chi connectivity index (χ1) is 13.9. The van der Waals surface area contributed by atoms with Gasteiger partial charge >= 0.3 is 5.97 Å². The lowest BCUT2D eigenvalue weighted by molar-refractivity contribution is 0.0694. The maximum Gasteiger partial charge on any atom is 0.337 e. The van der Waals surface area contributed by atoms with E-state index in [1.165, 1.54) is 12.1 Å². The van der Waals surface area contributed by atoms with Gasteiger partial charge in [0, 0.05) is 36.6 Å². The first kappa shape index (κ1) is 20.6. The van der Waals surface area contributed by atoms with E-state index < -0.39 is 5.97 Å². The van der Waals surface area contributed by atoms with Crippen LogP contribution in [-0.2, 0) is 19.6 Å². The van der Waals surface area contributed by atoms with Gasteiger partial charge in [-0.1, -0.05) is 24.3 Å². The molecule has 0 bridgehead atoms. The fourth-order valence-electron chi connectivity index (χ4n) is 3.58. The van der Waals surface area contributed by atoms with Crippen LogP contribution in [-0.4, -0.2) is 22.8 Å². The number of nitrogens with zero attached hydrogens (tertiary/aromatic N) is 1. The van der Waals surface area contributed by atoms with Crippen molar-refractivity contribution >= 4 is 5.97 Å². The molecule has 152 valence electrons. The van der Waals surface area contributed by atoms with Gasteiger partial charge < -0.3 is 19.7 Å². The van der Waals surface area contributed by atoms with Gasteiger partial charge in [-0.2, -0.15) is 0 Å². The van der Waals surface area contributed by atoms with Crippen LogP contribution >= 0.6 is 0 Å². The molecule has 0 saturated carbocycles. The number of halogens is 1. The molecule has 1 heterocycles. The molecule has 29 heavy (non-hydrogen) atoms. The van der Waals surface area contributed by atoms with Crippen LogP contribution in [0.5, 0.6) is 5.75 Å². The van der Waals surface area contributed by atoms with Crippen molar-refractivity contribution in [2.24, 2.45) is 0 Å². The van der Waals surface area contributed by atoms with Crippen molar-refractivity contribution in [1.29, 1.82) is 0 Å². The van der Waals surface area contributed by atoms with Crippen LogP contribution in [0.2, 0.25) is 0 Å². The van der Waals surface area contributed by atoms with Crippen molar-refractivity contribution in [3.63, 3.8) is 0 Å². The van der Waals surface area contributed by atoms with Crippen molar-refractivity contribution in [3.8, 4) is 5.75 Å². The summed E-state index contributed by atoms with van der Waals surface area (Å²) in [6.45, 7) is 5.16. The van der Waals surface area contributed by atoms with Crippen molar-refractivity contribution in [2.75, 3.05) is 7.11 Å². The largest absolute Gasteiger partial charge is 0.497 e. The molecule has 0 aliphatic carbocycles. The van der Waals surface area contributed by atoms with Crippen LogP contribution in [0.3, 0.4) is 0 Å². The summed E-state index contributed by atoms with van der Waals surface area (Å²) in [7, 11) is 1.63. The molecule has 0 fully saturated rings. The van der Waals surface area contributed by atoms with Crippen LogP contribution in [0.1, 0.15) is 38.4 Å². The molecule has 0 atom stereocenters. The number of carboxylic acid groups (broad SMARTS) is 1. The lowest BCUT2D eigenvalue weighted by Crippen LogP contribution is -2.15. The Bertz CT molecular complexity index is 1010. The van der Waals surface area contributed by atoms with Gasteiger partial charge in [-0.15, -0.1) is 0 Å². The number of rotatable bonds is 8. The van der Waals surface area contributed by atoms with Crippen molar-refractivity contribution in [2.45, 2.75) is 33.5 Å². The second kappa shape index (κ2) is 8.92. The lowest BCUT2D eigenvalue weighted by atomic mass is 10.1. The Hall–Kier alpha value is -3.12. The maximum atomic E-state index is 13.5. The highest BCUT2D eigenvalue weighted by molar-refractivity contribution is 5.91. The maximum absolute atomic E-state index is 13.5. The van der Waals surface area contributed by atoms with Crippen molar-refractivity contribution < 1.29 is 19.0 Å². The van der Waals surface area contributed by atoms with Gasteiger partial charge in [0.25, 0.3) is 0 Å². The fraction of sp³-hybridized carbons (Fsp3) is 0.261. The van der Waals surface area contributed by atoms with E-state index in [0.29, 0.717) is 30.9 Å². The highest BCUT2D eigenvalue weighted by Gasteiger charge is 2.22. The summed E-state index contributed by atoms with van der Waals surface area (Å²) in [6.07, 6.45) is 0. The first-order valence-electron chi connectivity index (χ1n) is 9.40. The van der Waals surface area contributed by atoms with E-state index in [1.54, 1.807) is 20.1 Å². The number of hydrogen-bond acceptors (Lipinski definition) is 3. The zero-order valence-electron chi connectivity index (χ0n) is 16.8. The summed E-state index contributed by atoms with van der Waals surface area (Å²) in [5.74, 6) is -0.461. The van der Waals surface area contributed by atoms with E-state index in [2.05, 4.69) is 5.32 Å². The van der Waals surface area contributed by atoms with Gasteiger partial charge in [0.1, 0.15) is 11.6 Å². The quantitative estimate of drug-likeness (QED) is 0.596. The van der Waals surface area contributed by atoms with Crippen LogP contribution in [0, 0.1) is 19.7 Å². The molecule has 2 N–H and O–H groups in total. The minimum atomic E-state index is -0.954. The fourth-order valence-corrected chi connectivity index (χ4v) is 3.58. The Morgan fingerprint density at radius 2 is 1.79 bits per heavy atom. The number of carbonyl (C=O) groups is 1. The lowest BCUT2D eigenvalue weighted by Gasteiger charge is -2.11. The summed E-state index contributed by atoms with van der Waals surface area (Å²) < 4.78 is 20.6. The minimum Gasteiger partial charge on any atom is -0.497 e. The summed E-state index contributed by atoms with van der Waals surface area (Å²) in [6, 6.07) is 14.1. The van der Waals surface area contributed by atoms with Gasteiger partial charge in [0.05, 0.1) is 12.7 Å². The van der Waals surface area contributed by atoms with E-state index in [4.69, 9.17) is 4.74 Å². The second-order valence-corrected chi connectivity index (χ2v) is 7.00. The predicted octanol–water partition coefficient (Wildman–Crippen LogP) is 4.29. The summed E-state index contributed by atoms with van der Waals surface area (Å²) in [5.41, 5.74) is 4.46. The molecular weight excluding hydrogens is 371 g/mol. The molecule has 0 saturated heterocycles. The number of aromatic carboxylic acids is 1. The monoisotopic (exact) mass is 396 g/mol. The van der Waals surface area contributed by atoms with Gasteiger partial charge in [-0.05, 0) is 49.2 Å². The Labute approximate surface area is 169 Å². The van der Waals surface area contributed by atoms with Crippen LogP contribution in [0.4, 0.5) is 4.39 Å². The third-order valence-corrected chi connectivity index (χ3v) is 5.14. The standard InChI is InChI=1S/C23H25FN2O3/c1-15-21(13-25-12-17-7-9-20(29-3)10-8-17)22(23(27)28)16(2)26(15)14-18-5-4-6-19(24)11-18/h4-11,25H,12-14H2,1-3H3,(H,27,28). The zero-order chi connectivity index (χ0) is 21.0. The topological polar surface area (TPSA) is 63.5 Å². The SMILES string of the molecule is COc1ccc(CNCc2c(C(=O)O)c(C)n(Cc3cccc(F)c3)c2C)cc1. The molecule has 3 rings (SSSR count). The summed E-state index contributed by atoms with van der Waals surface area (Å²) in [4.78, 5) is 11.9. The van der Waals surface area contributed by atoms with Crippen molar-refractivity contribution in [1.82, 2.24) is 9.88 Å². The number of nitrogens with one attached hydrogen (secondary N) is 1. The minimum absolute atomic E-state index is 0.301. The van der Waals surface area contributed by atoms with Crippen LogP contribution < -0.4 is 10.1 Å². The van der Waals surface area contributed by atoms with E-state index in [9.17, 15) is 14.3 Å². The van der Waals surface area contributed by atoms with E-state index >= 15 is 0 Å². The Kier molecular flexibility index (Phi) is 6.34. The number of benzene rings is 2. The molecule has 0 aliphatic heterocycles. The predicted molar refractivity (Wildman–Crippen MR) is 110 cm³/mol. The highest BCUT2D eigenvalue weighted by Crippen LogP contribution is 2.24. The normalized spacial score (nSPS) is 10.9. The van der Waals surface area contributed by atoms with Gasteiger partial charge in [0.15, 0.2) is 0 Å². The summed E-state index contributed by atoms with van der Waals surface area (Å²) >= 11 is 0. The molecular formula is C23H25FN2O3. The molecule has 1 aromatic heterocycles. The van der Waals surface area contributed by atoms with Gasteiger partial charge in [-0.3, -0.25) is 0 Å². The number of aromatic nitrogens is 1. The van der Waals surface area contributed by atoms with E-state index in [0.717, 1.165) is 28.1 Å².